The highest BCUT2D eigenvalue weighted by Gasteiger charge is 2.43. The number of fused-ring (bicyclic) bond motifs is 1. The van der Waals surface area contributed by atoms with Crippen molar-refractivity contribution in [3.63, 3.8) is 0 Å². The Bertz CT molecular complexity index is 1220. The molecule has 148 valence electrons. The van der Waals surface area contributed by atoms with Gasteiger partial charge in [0, 0.05) is 22.6 Å². The highest BCUT2D eigenvalue weighted by molar-refractivity contribution is 9.11. The molecule has 0 amide bonds. The molecule has 1 aliphatic heterocycles. The van der Waals surface area contributed by atoms with Gasteiger partial charge in [0.25, 0.3) is 5.56 Å². The van der Waals surface area contributed by atoms with Crippen LogP contribution in [0.1, 0.15) is 43.0 Å². The Labute approximate surface area is 180 Å². The number of H-pyrrole nitrogens is 1. The van der Waals surface area contributed by atoms with Crippen molar-refractivity contribution < 1.29 is 4.79 Å². The number of para-hydroxylation sites is 1. The second-order valence-electron chi connectivity index (χ2n) is 8.41. The number of benzene rings is 1. The Balaban J connectivity index is 1.74. The summed E-state index contributed by atoms with van der Waals surface area (Å²) in [6, 6.07) is 13.5. The first-order valence-corrected chi connectivity index (χ1v) is 11.1. The van der Waals surface area contributed by atoms with E-state index in [1.165, 1.54) is 0 Å². The summed E-state index contributed by atoms with van der Waals surface area (Å²) in [5.41, 5.74) is 2.80. The molecule has 0 saturated carbocycles. The molecule has 0 bridgehead atoms. The fourth-order valence-electron chi connectivity index (χ4n) is 4.42. The third-order valence-electron chi connectivity index (χ3n) is 5.59. The molecule has 2 aliphatic rings. The molecule has 0 fully saturated rings. The number of anilines is 1. The Morgan fingerprint density at radius 2 is 1.86 bits per heavy atom. The van der Waals surface area contributed by atoms with E-state index in [2.05, 4.69) is 40.2 Å². The Kier molecular flexibility index (Phi) is 4.22. The summed E-state index contributed by atoms with van der Waals surface area (Å²) in [4.78, 5) is 27.7. The number of ketones is 1. The minimum atomic E-state index is -0.352. The van der Waals surface area contributed by atoms with E-state index in [1.54, 1.807) is 16.0 Å². The summed E-state index contributed by atoms with van der Waals surface area (Å²) in [7, 11) is 0. The van der Waals surface area contributed by atoms with Gasteiger partial charge in [0.1, 0.15) is 5.82 Å². The van der Waals surface area contributed by atoms with Gasteiger partial charge in [-0.3, -0.25) is 14.7 Å². The smallest absolute Gasteiger partial charge is 0.277 e. The number of rotatable bonds is 2. The number of aromatic amines is 1. The maximum Gasteiger partial charge on any atom is 0.277 e. The lowest BCUT2D eigenvalue weighted by molar-refractivity contribution is -0.118. The van der Waals surface area contributed by atoms with E-state index in [4.69, 9.17) is 0 Å². The lowest BCUT2D eigenvalue weighted by atomic mass is 9.70. The molecule has 5 rings (SSSR count). The van der Waals surface area contributed by atoms with Crippen LogP contribution in [0.15, 0.2) is 62.3 Å². The van der Waals surface area contributed by atoms with Gasteiger partial charge in [0.2, 0.25) is 0 Å². The maximum atomic E-state index is 13.5. The van der Waals surface area contributed by atoms with Gasteiger partial charge in [0.05, 0.1) is 21.0 Å². The second-order valence-corrected chi connectivity index (χ2v) is 10.9. The second kappa shape index (κ2) is 6.57. The quantitative estimate of drug-likeness (QED) is 0.542. The largest absolute Gasteiger partial charge is 0.343 e. The molecule has 0 unspecified atom stereocenters. The van der Waals surface area contributed by atoms with E-state index in [0.29, 0.717) is 17.8 Å². The van der Waals surface area contributed by atoms with E-state index in [1.807, 2.05) is 42.5 Å². The SMILES string of the molecule is CC1(C)CC(=O)C2=C(C1)Nc1[nH]n(-c3ccccc3)c(=O)c1[C@H]2c1ccc(Br)s1. The van der Waals surface area contributed by atoms with Crippen molar-refractivity contribution in [1.82, 2.24) is 9.78 Å². The monoisotopic (exact) mass is 469 g/mol. The molecule has 7 heteroatoms. The third kappa shape index (κ3) is 3.04. The summed E-state index contributed by atoms with van der Waals surface area (Å²) in [6.07, 6.45) is 1.26. The van der Waals surface area contributed by atoms with Crippen LogP contribution in [0.25, 0.3) is 5.69 Å². The number of halogens is 1. The molecule has 3 aromatic rings. The molecule has 29 heavy (non-hydrogen) atoms. The summed E-state index contributed by atoms with van der Waals surface area (Å²) >= 11 is 5.10. The van der Waals surface area contributed by atoms with Crippen molar-refractivity contribution in [2.24, 2.45) is 5.41 Å². The number of carbonyl (C=O) groups excluding carboxylic acids is 1. The molecular weight excluding hydrogens is 450 g/mol. The van der Waals surface area contributed by atoms with Crippen LogP contribution in [0.5, 0.6) is 0 Å². The molecule has 0 radical (unpaired) electrons. The average molecular weight is 470 g/mol. The molecule has 1 aromatic carbocycles. The number of hydrogen-bond donors (Lipinski definition) is 2. The van der Waals surface area contributed by atoms with Gasteiger partial charge in [-0.15, -0.1) is 11.3 Å². The van der Waals surface area contributed by atoms with Gasteiger partial charge >= 0.3 is 0 Å². The van der Waals surface area contributed by atoms with Gasteiger partial charge in [-0.2, -0.15) is 0 Å². The predicted molar refractivity (Wildman–Crippen MR) is 119 cm³/mol. The van der Waals surface area contributed by atoms with Crippen LogP contribution < -0.4 is 10.9 Å². The maximum absolute atomic E-state index is 13.5. The number of thiophene rings is 1. The number of nitrogens with zero attached hydrogens (tertiary/aromatic N) is 1. The van der Waals surface area contributed by atoms with Gasteiger partial charge in [-0.1, -0.05) is 32.0 Å². The zero-order valence-corrected chi connectivity index (χ0v) is 18.5. The van der Waals surface area contributed by atoms with Crippen molar-refractivity contribution in [2.75, 3.05) is 5.32 Å². The minimum Gasteiger partial charge on any atom is -0.343 e. The molecule has 1 atom stereocenters. The highest BCUT2D eigenvalue weighted by Crippen LogP contribution is 2.49. The fourth-order valence-corrected chi connectivity index (χ4v) is 5.96. The minimum absolute atomic E-state index is 0.108. The van der Waals surface area contributed by atoms with Crippen molar-refractivity contribution in [3.8, 4) is 5.69 Å². The van der Waals surface area contributed by atoms with Crippen molar-refractivity contribution in [1.29, 1.82) is 0 Å². The van der Waals surface area contributed by atoms with Crippen LogP contribution in [-0.4, -0.2) is 15.6 Å². The number of aromatic nitrogens is 2. The Morgan fingerprint density at radius 1 is 1.10 bits per heavy atom. The number of carbonyl (C=O) groups is 1. The summed E-state index contributed by atoms with van der Waals surface area (Å²) in [6.45, 7) is 4.22. The normalized spacial score (nSPS) is 20.2. The molecule has 2 aromatic heterocycles. The van der Waals surface area contributed by atoms with Gasteiger partial charge in [0.15, 0.2) is 5.78 Å². The summed E-state index contributed by atoms with van der Waals surface area (Å²) in [5.74, 6) is 0.447. The first-order chi connectivity index (χ1) is 13.8. The standard InChI is InChI=1S/C22H20BrN3O2S/c1-22(2)10-13-17(14(27)11-22)18(15-8-9-16(23)29-15)19-20(24-13)25-26(21(19)28)12-6-4-3-5-7-12/h3-9,18,24-25H,10-11H2,1-2H3/t18-/m0/s1. The lowest BCUT2D eigenvalue weighted by Crippen LogP contribution is -2.35. The zero-order valence-electron chi connectivity index (χ0n) is 16.1. The van der Waals surface area contributed by atoms with Crippen LogP contribution in [0, 0.1) is 5.41 Å². The van der Waals surface area contributed by atoms with Crippen LogP contribution >= 0.6 is 27.3 Å². The predicted octanol–water partition coefficient (Wildman–Crippen LogP) is 5.19. The van der Waals surface area contributed by atoms with Gasteiger partial charge in [-0.05, 0) is 52.0 Å². The van der Waals surface area contributed by atoms with Crippen molar-refractivity contribution in [3.05, 3.63) is 78.3 Å². The van der Waals surface area contributed by atoms with Crippen molar-refractivity contribution in [2.45, 2.75) is 32.6 Å². The number of hydrogen-bond acceptors (Lipinski definition) is 4. The first kappa shape index (κ1) is 18.6. The zero-order chi connectivity index (χ0) is 20.3. The van der Waals surface area contributed by atoms with Crippen LogP contribution in [0.2, 0.25) is 0 Å². The third-order valence-corrected chi connectivity index (χ3v) is 7.28. The topological polar surface area (TPSA) is 66.9 Å². The lowest BCUT2D eigenvalue weighted by Gasteiger charge is -2.37. The highest BCUT2D eigenvalue weighted by atomic mass is 79.9. The molecule has 1 aliphatic carbocycles. The molecule has 5 nitrogen and oxygen atoms in total. The number of Topliss-reactive ketones (excluding diaryl/α,β-unsaturated/α-hetero) is 1. The Morgan fingerprint density at radius 3 is 2.55 bits per heavy atom. The van der Waals surface area contributed by atoms with Gasteiger partial charge in [-0.25, -0.2) is 4.68 Å². The number of allylic oxidation sites excluding steroid dienone is 2. The van der Waals surface area contributed by atoms with E-state index in [9.17, 15) is 9.59 Å². The Hall–Kier alpha value is -2.38. The van der Waals surface area contributed by atoms with E-state index >= 15 is 0 Å². The molecular formula is C22H20BrN3O2S. The fraction of sp³-hybridized carbons (Fsp3) is 0.273. The van der Waals surface area contributed by atoms with Gasteiger partial charge < -0.3 is 5.32 Å². The van der Waals surface area contributed by atoms with Crippen LogP contribution in [0.4, 0.5) is 5.82 Å². The molecule has 0 saturated heterocycles. The molecule has 2 N–H and O–H groups in total. The number of nitrogens with one attached hydrogen (secondary N) is 2. The summed E-state index contributed by atoms with van der Waals surface area (Å²) < 4.78 is 2.54. The summed E-state index contributed by atoms with van der Waals surface area (Å²) in [5, 5.41) is 6.64. The van der Waals surface area contributed by atoms with E-state index < -0.39 is 0 Å². The molecule has 3 heterocycles. The average Bonchev–Trinajstić information content (AvgIpc) is 3.23. The first-order valence-electron chi connectivity index (χ1n) is 9.53. The molecule has 0 spiro atoms. The van der Waals surface area contributed by atoms with Crippen LogP contribution in [0.3, 0.4) is 0 Å². The van der Waals surface area contributed by atoms with E-state index in [0.717, 1.165) is 32.0 Å². The van der Waals surface area contributed by atoms with Crippen molar-refractivity contribution >= 4 is 38.9 Å². The van der Waals surface area contributed by atoms with E-state index in [-0.39, 0.29) is 22.7 Å². The van der Waals surface area contributed by atoms with Crippen LogP contribution in [-0.2, 0) is 4.79 Å².